The van der Waals surface area contributed by atoms with E-state index < -0.39 is 5.54 Å². The van der Waals surface area contributed by atoms with Gasteiger partial charge in [-0.05, 0) is 38.6 Å². The number of likely N-dealkylation sites (N-methyl/N-ethyl adjacent to an activating group) is 1. The van der Waals surface area contributed by atoms with Crippen molar-refractivity contribution in [2.24, 2.45) is 11.8 Å². The van der Waals surface area contributed by atoms with Gasteiger partial charge < -0.3 is 10.1 Å². The van der Waals surface area contributed by atoms with Gasteiger partial charge in [0, 0.05) is 0 Å². The van der Waals surface area contributed by atoms with Gasteiger partial charge >= 0.3 is 5.97 Å². The van der Waals surface area contributed by atoms with Crippen molar-refractivity contribution in [3.8, 4) is 0 Å². The molecule has 0 amide bonds. The van der Waals surface area contributed by atoms with Crippen molar-refractivity contribution in [3.63, 3.8) is 0 Å². The maximum atomic E-state index is 12.0. The maximum absolute atomic E-state index is 12.0. The Morgan fingerprint density at radius 2 is 2.25 bits per heavy atom. The summed E-state index contributed by atoms with van der Waals surface area (Å²) in [5, 5.41) is 3.21. The van der Waals surface area contributed by atoms with E-state index >= 15 is 0 Å². The van der Waals surface area contributed by atoms with Crippen LogP contribution in [-0.4, -0.2) is 25.2 Å². The third kappa shape index (κ3) is 2.76. The summed E-state index contributed by atoms with van der Waals surface area (Å²) >= 11 is 0. The summed E-state index contributed by atoms with van der Waals surface area (Å²) < 4.78 is 5.20. The number of hydrogen-bond acceptors (Lipinski definition) is 3. The molecule has 16 heavy (non-hydrogen) atoms. The van der Waals surface area contributed by atoms with Crippen LogP contribution < -0.4 is 5.32 Å². The lowest BCUT2D eigenvalue weighted by Gasteiger charge is -2.40. The second kappa shape index (κ2) is 5.67. The van der Waals surface area contributed by atoms with Crippen LogP contribution in [0.2, 0.25) is 0 Å². The van der Waals surface area contributed by atoms with Crippen LogP contribution in [0.3, 0.4) is 0 Å². The zero-order chi connectivity index (χ0) is 12.2. The Hall–Kier alpha value is -0.570. The Balaban J connectivity index is 2.74. The SMILES string of the molecule is CCOC(=O)C1(NC)CCCC(C(C)C)C1. The third-order valence-corrected chi connectivity index (χ3v) is 3.88. The number of nitrogens with one attached hydrogen (secondary N) is 1. The number of esters is 1. The van der Waals surface area contributed by atoms with Gasteiger partial charge in [-0.2, -0.15) is 0 Å². The molecule has 1 saturated carbocycles. The number of hydrogen-bond donors (Lipinski definition) is 1. The Morgan fingerprint density at radius 3 is 2.75 bits per heavy atom. The lowest BCUT2D eigenvalue weighted by molar-refractivity contribution is -0.153. The van der Waals surface area contributed by atoms with E-state index in [1.165, 1.54) is 6.42 Å². The van der Waals surface area contributed by atoms with Gasteiger partial charge in [0.2, 0.25) is 0 Å². The van der Waals surface area contributed by atoms with Crippen LogP contribution in [0.5, 0.6) is 0 Å². The highest BCUT2D eigenvalue weighted by Crippen LogP contribution is 2.36. The molecule has 1 aliphatic rings. The van der Waals surface area contributed by atoms with Crippen LogP contribution in [0.4, 0.5) is 0 Å². The monoisotopic (exact) mass is 227 g/mol. The van der Waals surface area contributed by atoms with Gasteiger partial charge in [-0.15, -0.1) is 0 Å². The highest BCUT2D eigenvalue weighted by Gasteiger charge is 2.43. The Bertz CT molecular complexity index is 240. The van der Waals surface area contributed by atoms with Gasteiger partial charge in [-0.1, -0.05) is 26.7 Å². The Labute approximate surface area is 98.9 Å². The highest BCUT2D eigenvalue weighted by molar-refractivity contribution is 5.81. The predicted octanol–water partition coefficient (Wildman–Crippen LogP) is 2.35. The first-order chi connectivity index (χ1) is 7.55. The quantitative estimate of drug-likeness (QED) is 0.749. The molecule has 3 nitrogen and oxygen atoms in total. The molecular weight excluding hydrogens is 202 g/mol. The molecule has 0 aliphatic heterocycles. The summed E-state index contributed by atoms with van der Waals surface area (Å²) in [6, 6.07) is 0. The van der Waals surface area contributed by atoms with E-state index in [2.05, 4.69) is 19.2 Å². The number of ether oxygens (including phenoxy) is 1. The molecule has 0 heterocycles. The van der Waals surface area contributed by atoms with Gasteiger partial charge in [0.15, 0.2) is 0 Å². The lowest BCUT2D eigenvalue weighted by atomic mass is 9.72. The zero-order valence-electron chi connectivity index (χ0n) is 11.0. The van der Waals surface area contributed by atoms with Crippen LogP contribution in [0.25, 0.3) is 0 Å². The number of rotatable bonds is 4. The van der Waals surface area contributed by atoms with Crippen LogP contribution in [-0.2, 0) is 9.53 Å². The van der Waals surface area contributed by atoms with E-state index in [0.29, 0.717) is 18.4 Å². The summed E-state index contributed by atoms with van der Waals surface area (Å²) in [6.07, 6.45) is 4.18. The van der Waals surface area contributed by atoms with Crippen molar-refractivity contribution in [3.05, 3.63) is 0 Å². The third-order valence-electron chi connectivity index (χ3n) is 3.88. The summed E-state index contributed by atoms with van der Waals surface area (Å²) in [7, 11) is 1.87. The zero-order valence-corrected chi connectivity index (χ0v) is 11.0. The second-order valence-corrected chi connectivity index (χ2v) is 5.15. The molecule has 0 saturated heterocycles. The van der Waals surface area contributed by atoms with E-state index in [-0.39, 0.29) is 5.97 Å². The second-order valence-electron chi connectivity index (χ2n) is 5.15. The van der Waals surface area contributed by atoms with Crippen molar-refractivity contribution in [2.45, 2.75) is 52.0 Å². The highest BCUT2D eigenvalue weighted by atomic mass is 16.5. The Kier molecular flexibility index (Phi) is 4.78. The summed E-state index contributed by atoms with van der Waals surface area (Å²) in [5.74, 6) is 1.20. The molecule has 1 rings (SSSR count). The van der Waals surface area contributed by atoms with Gasteiger partial charge in [-0.25, -0.2) is 0 Å². The normalized spacial score (nSPS) is 30.4. The Morgan fingerprint density at radius 1 is 1.56 bits per heavy atom. The van der Waals surface area contributed by atoms with E-state index in [4.69, 9.17) is 4.74 Å². The average Bonchev–Trinajstić information content (AvgIpc) is 2.29. The van der Waals surface area contributed by atoms with Gasteiger partial charge in [0.05, 0.1) is 6.61 Å². The summed E-state index contributed by atoms with van der Waals surface area (Å²) in [4.78, 5) is 12.0. The predicted molar refractivity (Wildman–Crippen MR) is 65.2 cm³/mol. The largest absolute Gasteiger partial charge is 0.465 e. The van der Waals surface area contributed by atoms with Crippen LogP contribution in [0.15, 0.2) is 0 Å². The molecule has 1 N–H and O–H groups in total. The van der Waals surface area contributed by atoms with Crippen molar-refractivity contribution in [2.75, 3.05) is 13.7 Å². The summed E-state index contributed by atoms with van der Waals surface area (Å²) in [5.41, 5.74) is -0.427. The van der Waals surface area contributed by atoms with Crippen molar-refractivity contribution >= 4 is 5.97 Å². The molecule has 0 aromatic rings. The molecule has 0 aromatic carbocycles. The number of carbonyl (C=O) groups is 1. The average molecular weight is 227 g/mol. The first kappa shape index (κ1) is 13.5. The standard InChI is InChI=1S/C13H25NO2/c1-5-16-12(15)13(14-4)8-6-7-11(9-13)10(2)3/h10-11,14H,5-9H2,1-4H3. The molecule has 1 fully saturated rings. The van der Waals surface area contributed by atoms with Crippen LogP contribution >= 0.6 is 0 Å². The van der Waals surface area contributed by atoms with Crippen LogP contribution in [0, 0.1) is 11.8 Å². The molecule has 1 aliphatic carbocycles. The molecule has 0 bridgehead atoms. The molecule has 94 valence electrons. The first-order valence-corrected chi connectivity index (χ1v) is 6.42. The lowest BCUT2D eigenvalue weighted by Crippen LogP contribution is -2.54. The first-order valence-electron chi connectivity index (χ1n) is 6.42. The molecule has 2 atom stereocenters. The van der Waals surface area contributed by atoms with Crippen LogP contribution in [0.1, 0.15) is 46.5 Å². The fraction of sp³-hybridized carbons (Fsp3) is 0.923. The topological polar surface area (TPSA) is 38.3 Å². The number of carbonyl (C=O) groups excluding carboxylic acids is 1. The van der Waals surface area contributed by atoms with Crippen molar-refractivity contribution in [1.29, 1.82) is 0 Å². The molecule has 0 radical (unpaired) electrons. The van der Waals surface area contributed by atoms with E-state index in [1.54, 1.807) is 0 Å². The van der Waals surface area contributed by atoms with Crippen molar-refractivity contribution in [1.82, 2.24) is 5.32 Å². The van der Waals surface area contributed by atoms with E-state index in [1.807, 2.05) is 14.0 Å². The smallest absolute Gasteiger partial charge is 0.326 e. The van der Waals surface area contributed by atoms with Gasteiger partial charge in [0.25, 0.3) is 0 Å². The fourth-order valence-electron chi connectivity index (χ4n) is 2.67. The minimum Gasteiger partial charge on any atom is -0.465 e. The minimum absolute atomic E-state index is 0.0668. The maximum Gasteiger partial charge on any atom is 0.326 e. The van der Waals surface area contributed by atoms with E-state index in [9.17, 15) is 4.79 Å². The molecule has 0 aromatic heterocycles. The molecular formula is C13H25NO2. The molecule has 3 heteroatoms. The fourth-order valence-corrected chi connectivity index (χ4v) is 2.67. The molecule has 0 spiro atoms. The molecule has 2 unspecified atom stereocenters. The van der Waals surface area contributed by atoms with E-state index in [0.717, 1.165) is 19.3 Å². The van der Waals surface area contributed by atoms with Gasteiger partial charge in [0.1, 0.15) is 5.54 Å². The summed E-state index contributed by atoms with van der Waals surface area (Å²) in [6.45, 7) is 6.81. The minimum atomic E-state index is -0.427. The van der Waals surface area contributed by atoms with Gasteiger partial charge in [-0.3, -0.25) is 4.79 Å². The van der Waals surface area contributed by atoms with Crippen molar-refractivity contribution < 1.29 is 9.53 Å².